The van der Waals surface area contributed by atoms with Gasteiger partial charge in [-0.2, -0.15) is 0 Å². The summed E-state index contributed by atoms with van der Waals surface area (Å²) in [6, 6.07) is 5.20. The van der Waals surface area contributed by atoms with Crippen LogP contribution in [0.2, 0.25) is 0 Å². The van der Waals surface area contributed by atoms with Gasteiger partial charge in [-0.1, -0.05) is 19.9 Å². The first kappa shape index (κ1) is 20.7. The van der Waals surface area contributed by atoms with Crippen LogP contribution in [0.1, 0.15) is 49.0 Å². The summed E-state index contributed by atoms with van der Waals surface area (Å²) in [5, 5.41) is 5.08. The maximum absolute atomic E-state index is 13.0. The molecular formula is C21H25N5O2S. The van der Waals surface area contributed by atoms with Crippen molar-refractivity contribution in [2.24, 2.45) is 10.7 Å². The SMILES string of the molecule is CCCN(CCC)C(=O)C1=Cc2ccc(C(=O)Nc3nccs3)cc2N=C(N)C1. The number of benzene rings is 1. The molecule has 1 aliphatic heterocycles. The number of aliphatic imine (C=N–C) groups is 1. The van der Waals surface area contributed by atoms with Gasteiger partial charge in [-0.3, -0.25) is 14.9 Å². The quantitative estimate of drug-likeness (QED) is 0.723. The Labute approximate surface area is 174 Å². The summed E-state index contributed by atoms with van der Waals surface area (Å²) in [5.74, 6) is 0.0807. The van der Waals surface area contributed by atoms with Crippen LogP contribution >= 0.6 is 11.3 Å². The summed E-state index contributed by atoms with van der Waals surface area (Å²) < 4.78 is 0. The van der Waals surface area contributed by atoms with E-state index in [4.69, 9.17) is 5.73 Å². The van der Waals surface area contributed by atoms with Crippen molar-refractivity contribution < 1.29 is 9.59 Å². The second-order valence-electron chi connectivity index (χ2n) is 6.81. The monoisotopic (exact) mass is 411 g/mol. The van der Waals surface area contributed by atoms with Crippen LogP contribution in [0.3, 0.4) is 0 Å². The fourth-order valence-corrected chi connectivity index (χ4v) is 3.71. The zero-order valence-corrected chi connectivity index (χ0v) is 17.5. The van der Waals surface area contributed by atoms with Gasteiger partial charge < -0.3 is 10.6 Å². The summed E-state index contributed by atoms with van der Waals surface area (Å²) in [6.45, 7) is 5.54. The number of nitrogens with zero attached hydrogens (tertiary/aromatic N) is 3. The molecule has 0 unspecified atom stereocenters. The van der Waals surface area contributed by atoms with Crippen LogP contribution in [0.25, 0.3) is 6.08 Å². The molecule has 1 aliphatic rings. The van der Waals surface area contributed by atoms with Crippen molar-refractivity contribution in [1.29, 1.82) is 0 Å². The lowest BCUT2D eigenvalue weighted by Crippen LogP contribution is -2.34. The number of carbonyl (C=O) groups is 2. The first-order valence-electron chi connectivity index (χ1n) is 9.69. The Morgan fingerprint density at radius 3 is 2.66 bits per heavy atom. The summed E-state index contributed by atoms with van der Waals surface area (Å²) in [4.78, 5) is 35.8. The number of fused-ring (bicyclic) bond motifs is 1. The van der Waals surface area contributed by atoms with Gasteiger partial charge in [0.25, 0.3) is 5.91 Å². The topological polar surface area (TPSA) is 101 Å². The number of hydrogen-bond acceptors (Lipinski definition) is 6. The van der Waals surface area contributed by atoms with E-state index in [2.05, 4.69) is 29.1 Å². The number of carbonyl (C=O) groups excluding carboxylic acids is 2. The van der Waals surface area contributed by atoms with Gasteiger partial charge in [0.1, 0.15) is 5.84 Å². The van der Waals surface area contributed by atoms with Gasteiger partial charge >= 0.3 is 0 Å². The number of thiazole rings is 1. The van der Waals surface area contributed by atoms with E-state index in [9.17, 15) is 9.59 Å². The van der Waals surface area contributed by atoms with E-state index in [1.54, 1.807) is 29.8 Å². The van der Waals surface area contributed by atoms with Gasteiger partial charge in [0.05, 0.1) is 5.69 Å². The highest BCUT2D eigenvalue weighted by Crippen LogP contribution is 2.29. The minimum atomic E-state index is -0.266. The fourth-order valence-electron chi connectivity index (χ4n) is 3.18. The Balaban J connectivity index is 1.88. The lowest BCUT2D eigenvalue weighted by atomic mass is 10.0. The number of amides is 2. The van der Waals surface area contributed by atoms with Crippen LogP contribution in [-0.4, -0.2) is 40.6 Å². The van der Waals surface area contributed by atoms with Crippen molar-refractivity contribution in [3.8, 4) is 0 Å². The second-order valence-corrected chi connectivity index (χ2v) is 7.70. The third-order valence-corrected chi connectivity index (χ3v) is 5.15. The van der Waals surface area contributed by atoms with Crippen molar-refractivity contribution >= 4 is 45.9 Å². The molecular weight excluding hydrogens is 386 g/mol. The van der Waals surface area contributed by atoms with Crippen LogP contribution in [-0.2, 0) is 4.79 Å². The molecule has 2 amide bonds. The Morgan fingerprint density at radius 1 is 1.24 bits per heavy atom. The molecule has 1 aromatic heterocycles. The molecule has 7 nitrogen and oxygen atoms in total. The predicted molar refractivity (Wildman–Crippen MR) is 118 cm³/mol. The lowest BCUT2D eigenvalue weighted by Gasteiger charge is -2.22. The Bertz CT molecular complexity index is 944. The third kappa shape index (κ3) is 5.08. The van der Waals surface area contributed by atoms with E-state index >= 15 is 0 Å². The number of rotatable bonds is 7. The van der Waals surface area contributed by atoms with Crippen molar-refractivity contribution in [2.75, 3.05) is 18.4 Å². The van der Waals surface area contributed by atoms with Crippen molar-refractivity contribution in [1.82, 2.24) is 9.88 Å². The average Bonchev–Trinajstić information content (AvgIpc) is 3.14. The molecule has 0 radical (unpaired) electrons. The Morgan fingerprint density at radius 2 is 2.00 bits per heavy atom. The number of nitrogens with two attached hydrogens (primary N) is 1. The molecule has 0 bridgehead atoms. The third-order valence-electron chi connectivity index (χ3n) is 4.46. The van der Waals surface area contributed by atoms with Crippen LogP contribution in [0.15, 0.2) is 40.3 Å². The number of amidine groups is 1. The van der Waals surface area contributed by atoms with E-state index in [1.807, 2.05) is 11.0 Å². The molecule has 0 saturated carbocycles. The van der Waals surface area contributed by atoms with Gasteiger partial charge in [-0.25, -0.2) is 9.98 Å². The lowest BCUT2D eigenvalue weighted by molar-refractivity contribution is -0.127. The summed E-state index contributed by atoms with van der Waals surface area (Å²) in [6.07, 6.45) is 5.56. The van der Waals surface area contributed by atoms with Crippen molar-refractivity contribution in [3.63, 3.8) is 0 Å². The molecule has 152 valence electrons. The fraction of sp³-hybridized carbons (Fsp3) is 0.333. The van der Waals surface area contributed by atoms with Gasteiger partial charge in [0.15, 0.2) is 5.13 Å². The molecule has 0 atom stereocenters. The summed E-state index contributed by atoms with van der Waals surface area (Å²) >= 11 is 1.35. The highest BCUT2D eigenvalue weighted by atomic mass is 32.1. The van der Waals surface area contributed by atoms with E-state index in [0.29, 0.717) is 40.9 Å². The normalized spacial score (nSPS) is 13.0. The van der Waals surface area contributed by atoms with Crippen LogP contribution in [0.4, 0.5) is 10.8 Å². The van der Waals surface area contributed by atoms with Gasteiger partial charge in [-0.05, 0) is 31.1 Å². The molecule has 0 spiro atoms. The zero-order valence-electron chi connectivity index (χ0n) is 16.6. The van der Waals surface area contributed by atoms with E-state index in [0.717, 1.165) is 18.4 Å². The summed E-state index contributed by atoms with van der Waals surface area (Å²) in [7, 11) is 0. The van der Waals surface area contributed by atoms with Crippen LogP contribution < -0.4 is 11.1 Å². The van der Waals surface area contributed by atoms with Crippen LogP contribution in [0, 0.1) is 0 Å². The summed E-state index contributed by atoms with van der Waals surface area (Å²) in [5.41, 5.74) is 8.51. The minimum Gasteiger partial charge on any atom is -0.387 e. The molecule has 2 heterocycles. The van der Waals surface area contributed by atoms with E-state index in [1.165, 1.54) is 11.3 Å². The smallest absolute Gasteiger partial charge is 0.257 e. The average molecular weight is 412 g/mol. The highest BCUT2D eigenvalue weighted by molar-refractivity contribution is 7.13. The van der Waals surface area contributed by atoms with Gasteiger partial charge in [0, 0.05) is 47.8 Å². The minimum absolute atomic E-state index is 0.00899. The van der Waals surface area contributed by atoms with Crippen molar-refractivity contribution in [2.45, 2.75) is 33.1 Å². The zero-order chi connectivity index (χ0) is 20.8. The standard InChI is InChI=1S/C21H25N5O2S/c1-3-8-26(9-4-2)20(28)16-11-14-5-6-15(12-17(14)24-18(22)13-16)19(27)25-21-23-7-10-29-21/h5-7,10-12H,3-4,8-9,13H2,1-2H3,(H2,22,24)(H,23,25,27). The first-order valence-corrected chi connectivity index (χ1v) is 10.6. The molecule has 1 aromatic carbocycles. The van der Waals surface area contributed by atoms with Gasteiger partial charge in [0.2, 0.25) is 5.91 Å². The molecule has 3 rings (SSSR count). The Hall–Kier alpha value is -3.00. The Kier molecular flexibility index (Phi) is 6.77. The first-order chi connectivity index (χ1) is 14.0. The largest absolute Gasteiger partial charge is 0.387 e. The maximum atomic E-state index is 13.0. The van der Waals surface area contributed by atoms with E-state index < -0.39 is 0 Å². The molecule has 0 fully saturated rings. The highest BCUT2D eigenvalue weighted by Gasteiger charge is 2.21. The predicted octanol–water partition coefficient (Wildman–Crippen LogP) is 3.82. The van der Waals surface area contributed by atoms with Gasteiger partial charge in [-0.15, -0.1) is 11.3 Å². The second kappa shape index (κ2) is 9.47. The maximum Gasteiger partial charge on any atom is 0.257 e. The number of nitrogens with one attached hydrogen (secondary N) is 1. The molecule has 3 N–H and O–H groups in total. The number of hydrogen-bond donors (Lipinski definition) is 2. The molecule has 0 saturated heterocycles. The molecule has 29 heavy (non-hydrogen) atoms. The van der Waals surface area contributed by atoms with Crippen LogP contribution in [0.5, 0.6) is 0 Å². The molecule has 8 heteroatoms. The van der Waals surface area contributed by atoms with Crippen molar-refractivity contribution in [3.05, 3.63) is 46.5 Å². The number of aromatic nitrogens is 1. The molecule has 2 aromatic rings. The van der Waals surface area contributed by atoms with E-state index in [-0.39, 0.29) is 18.2 Å². The number of anilines is 1. The molecule has 0 aliphatic carbocycles.